The second-order valence-electron chi connectivity index (χ2n) is 3.79. The molecule has 0 bridgehead atoms. The van der Waals surface area contributed by atoms with Gasteiger partial charge in [-0.15, -0.1) is 0 Å². The van der Waals surface area contributed by atoms with Crippen molar-refractivity contribution in [3.8, 4) is 5.75 Å². The third kappa shape index (κ3) is 6.07. The molecule has 0 amide bonds. The van der Waals surface area contributed by atoms with E-state index in [4.69, 9.17) is 4.74 Å². The zero-order valence-corrected chi connectivity index (χ0v) is 10.1. The highest BCUT2D eigenvalue weighted by molar-refractivity contribution is 5.27. The van der Waals surface area contributed by atoms with Gasteiger partial charge in [-0.1, -0.05) is 24.8 Å². The van der Waals surface area contributed by atoms with Crippen molar-refractivity contribution in [3.05, 3.63) is 42.5 Å². The first-order valence-electron chi connectivity index (χ1n) is 5.96. The van der Waals surface area contributed by atoms with Crippen molar-refractivity contribution in [3.63, 3.8) is 0 Å². The second kappa shape index (κ2) is 8.76. The van der Waals surface area contributed by atoms with Crippen LogP contribution in [0.1, 0.15) is 12.0 Å². The number of hydrogen-bond acceptors (Lipinski definition) is 2. The summed E-state index contributed by atoms with van der Waals surface area (Å²) in [6.07, 6.45) is 3.27. The lowest BCUT2D eigenvalue weighted by Crippen LogP contribution is -2.18. The summed E-state index contributed by atoms with van der Waals surface area (Å²) in [5.74, 6) is 0.860. The molecule has 1 aromatic carbocycles. The minimum Gasteiger partial charge on any atom is -0.490 e. The van der Waals surface area contributed by atoms with Gasteiger partial charge in [0.05, 0.1) is 6.67 Å². The minimum atomic E-state index is -0.248. The Hall–Kier alpha value is -1.35. The molecule has 3 heteroatoms. The van der Waals surface area contributed by atoms with E-state index in [9.17, 15) is 4.39 Å². The first-order valence-corrected chi connectivity index (χ1v) is 5.96. The van der Waals surface area contributed by atoms with Crippen LogP contribution >= 0.6 is 0 Å². The summed E-state index contributed by atoms with van der Waals surface area (Å²) in [6.45, 7) is 5.51. The maximum Gasteiger partial charge on any atom is 0.119 e. The quantitative estimate of drug-likeness (QED) is 0.526. The summed E-state index contributed by atoms with van der Waals surface area (Å²) in [6, 6.07) is 8.02. The number of alkyl halides is 1. The molecule has 1 N–H and O–H groups in total. The van der Waals surface area contributed by atoms with E-state index in [0.29, 0.717) is 13.0 Å². The van der Waals surface area contributed by atoms with Crippen LogP contribution in [0.3, 0.4) is 0 Å². The Morgan fingerprint density at radius 2 is 2.00 bits per heavy atom. The van der Waals surface area contributed by atoms with Crippen LogP contribution in [0.5, 0.6) is 5.75 Å². The summed E-state index contributed by atoms with van der Waals surface area (Å²) in [7, 11) is 0. The number of benzene rings is 1. The minimum absolute atomic E-state index is 0.248. The van der Waals surface area contributed by atoms with Crippen molar-refractivity contribution < 1.29 is 9.13 Å². The van der Waals surface area contributed by atoms with Gasteiger partial charge in [0.25, 0.3) is 0 Å². The molecule has 0 aliphatic heterocycles. The van der Waals surface area contributed by atoms with E-state index in [1.807, 2.05) is 12.1 Å². The number of halogens is 1. The lowest BCUT2D eigenvalue weighted by molar-refractivity contribution is 0.363. The van der Waals surface area contributed by atoms with Gasteiger partial charge >= 0.3 is 0 Å². The Morgan fingerprint density at radius 1 is 1.24 bits per heavy atom. The van der Waals surface area contributed by atoms with Crippen LogP contribution in [0.2, 0.25) is 0 Å². The molecule has 0 atom stereocenters. The van der Waals surface area contributed by atoms with Crippen molar-refractivity contribution in [2.24, 2.45) is 0 Å². The van der Waals surface area contributed by atoms with Gasteiger partial charge in [0.15, 0.2) is 0 Å². The van der Waals surface area contributed by atoms with E-state index in [0.717, 1.165) is 25.3 Å². The van der Waals surface area contributed by atoms with E-state index in [2.05, 4.69) is 24.0 Å². The normalized spacial score (nSPS) is 10.2. The Balaban J connectivity index is 2.23. The molecule has 0 radical (unpaired) electrons. The van der Waals surface area contributed by atoms with Gasteiger partial charge in [-0.05, 0) is 43.6 Å². The molecule has 0 saturated heterocycles. The van der Waals surface area contributed by atoms with Crippen molar-refractivity contribution in [1.29, 1.82) is 0 Å². The molecule has 1 rings (SSSR count). The van der Waals surface area contributed by atoms with Gasteiger partial charge in [0.1, 0.15) is 12.4 Å². The lowest BCUT2D eigenvalue weighted by atomic mass is 10.1. The number of hydrogen-bond donors (Lipinski definition) is 1. The highest BCUT2D eigenvalue weighted by Crippen LogP contribution is 2.12. The van der Waals surface area contributed by atoms with Gasteiger partial charge in [-0.3, -0.25) is 4.39 Å². The monoisotopic (exact) mass is 237 g/mol. The molecular weight excluding hydrogens is 217 g/mol. The molecule has 0 fully saturated rings. The molecule has 0 aromatic heterocycles. The lowest BCUT2D eigenvalue weighted by Gasteiger charge is -2.06. The SMILES string of the molecule is C=CCOc1ccc(CCNCCCF)cc1. The average Bonchev–Trinajstić information content (AvgIpc) is 2.37. The smallest absolute Gasteiger partial charge is 0.119 e. The fourth-order valence-corrected chi connectivity index (χ4v) is 1.46. The predicted octanol–water partition coefficient (Wildman–Crippen LogP) is 2.74. The van der Waals surface area contributed by atoms with Crippen LogP contribution in [0.15, 0.2) is 36.9 Å². The average molecular weight is 237 g/mol. The maximum absolute atomic E-state index is 11.8. The van der Waals surface area contributed by atoms with Gasteiger partial charge in [0.2, 0.25) is 0 Å². The fraction of sp³-hybridized carbons (Fsp3) is 0.429. The van der Waals surface area contributed by atoms with Crippen LogP contribution in [0, 0.1) is 0 Å². The number of nitrogens with one attached hydrogen (secondary N) is 1. The Labute approximate surface area is 102 Å². The van der Waals surface area contributed by atoms with Crippen LogP contribution in [0.4, 0.5) is 4.39 Å². The zero-order chi connectivity index (χ0) is 12.3. The Morgan fingerprint density at radius 3 is 2.65 bits per heavy atom. The first-order chi connectivity index (χ1) is 8.36. The van der Waals surface area contributed by atoms with Gasteiger partial charge in [-0.25, -0.2) is 0 Å². The summed E-state index contributed by atoms with van der Waals surface area (Å²) >= 11 is 0. The summed E-state index contributed by atoms with van der Waals surface area (Å²) in [5, 5.41) is 3.20. The van der Waals surface area contributed by atoms with Crippen molar-refractivity contribution in [1.82, 2.24) is 5.32 Å². The first kappa shape index (κ1) is 13.7. The molecule has 1 aromatic rings. The van der Waals surface area contributed by atoms with Crippen LogP contribution in [-0.4, -0.2) is 26.4 Å². The molecular formula is C14H20FNO. The van der Waals surface area contributed by atoms with Gasteiger partial charge in [-0.2, -0.15) is 0 Å². The molecule has 0 aliphatic carbocycles. The number of ether oxygens (including phenoxy) is 1. The van der Waals surface area contributed by atoms with Crippen LogP contribution < -0.4 is 10.1 Å². The van der Waals surface area contributed by atoms with Crippen LogP contribution in [0.25, 0.3) is 0 Å². The summed E-state index contributed by atoms with van der Waals surface area (Å²) in [5.41, 5.74) is 1.25. The third-order valence-electron chi connectivity index (χ3n) is 2.37. The molecule has 17 heavy (non-hydrogen) atoms. The van der Waals surface area contributed by atoms with Crippen molar-refractivity contribution in [2.45, 2.75) is 12.8 Å². The fourth-order valence-electron chi connectivity index (χ4n) is 1.46. The zero-order valence-electron chi connectivity index (χ0n) is 10.1. The van der Waals surface area contributed by atoms with Crippen molar-refractivity contribution in [2.75, 3.05) is 26.4 Å². The molecule has 0 saturated carbocycles. The number of rotatable bonds is 9. The maximum atomic E-state index is 11.8. The van der Waals surface area contributed by atoms with E-state index in [1.54, 1.807) is 6.08 Å². The summed E-state index contributed by atoms with van der Waals surface area (Å²) in [4.78, 5) is 0. The van der Waals surface area contributed by atoms with Crippen molar-refractivity contribution >= 4 is 0 Å². The van der Waals surface area contributed by atoms with E-state index >= 15 is 0 Å². The standard InChI is InChI=1S/C14H20FNO/c1-2-12-17-14-6-4-13(5-7-14)8-11-16-10-3-9-15/h2,4-7,16H,1,3,8-12H2. The van der Waals surface area contributed by atoms with Gasteiger partial charge < -0.3 is 10.1 Å². The van der Waals surface area contributed by atoms with Gasteiger partial charge in [0, 0.05) is 0 Å². The largest absolute Gasteiger partial charge is 0.490 e. The second-order valence-corrected chi connectivity index (χ2v) is 3.79. The molecule has 0 spiro atoms. The molecule has 0 unspecified atom stereocenters. The highest BCUT2D eigenvalue weighted by Gasteiger charge is 1.95. The van der Waals surface area contributed by atoms with E-state index < -0.39 is 0 Å². The topological polar surface area (TPSA) is 21.3 Å². The predicted molar refractivity (Wildman–Crippen MR) is 69.3 cm³/mol. The van der Waals surface area contributed by atoms with E-state index in [1.165, 1.54) is 5.56 Å². The molecule has 94 valence electrons. The third-order valence-corrected chi connectivity index (χ3v) is 2.37. The Bertz CT molecular complexity index is 311. The van der Waals surface area contributed by atoms with Crippen LogP contribution in [-0.2, 0) is 6.42 Å². The Kier molecular flexibility index (Phi) is 7.07. The summed E-state index contributed by atoms with van der Waals surface area (Å²) < 4.78 is 17.2. The molecule has 0 heterocycles. The van der Waals surface area contributed by atoms with E-state index in [-0.39, 0.29) is 6.67 Å². The molecule has 2 nitrogen and oxygen atoms in total. The molecule has 0 aliphatic rings. The highest BCUT2D eigenvalue weighted by atomic mass is 19.1.